The molecule has 1 amide bonds. The summed E-state index contributed by atoms with van der Waals surface area (Å²) in [6.45, 7) is 2.91. The molecule has 3 rings (SSSR count). The van der Waals surface area contributed by atoms with Crippen LogP contribution in [0.3, 0.4) is 0 Å². The fourth-order valence-electron chi connectivity index (χ4n) is 2.92. The Morgan fingerprint density at radius 2 is 2.00 bits per heavy atom. The molecule has 1 aliphatic rings. The molecule has 0 atom stereocenters. The van der Waals surface area contributed by atoms with Gasteiger partial charge in [0.1, 0.15) is 5.15 Å². The van der Waals surface area contributed by atoms with Crippen molar-refractivity contribution >= 4 is 33.4 Å². The van der Waals surface area contributed by atoms with E-state index in [0.717, 1.165) is 36.9 Å². The number of likely N-dealkylation sites (tertiary alicyclic amines) is 1. The van der Waals surface area contributed by atoms with Crippen LogP contribution in [0.15, 0.2) is 47.1 Å². The highest BCUT2D eigenvalue weighted by Gasteiger charge is 2.22. The largest absolute Gasteiger partial charge is 0.349 e. The molecule has 1 fully saturated rings. The van der Waals surface area contributed by atoms with Crippen molar-refractivity contribution in [1.82, 2.24) is 15.2 Å². The van der Waals surface area contributed by atoms with Crippen LogP contribution in [0.5, 0.6) is 0 Å². The molecule has 1 aromatic carbocycles. The SMILES string of the molecule is O=C(NC1CCN(Cc2ccccc2)CC1)c1cc(Br)cnc1Cl. The van der Waals surface area contributed by atoms with E-state index in [4.69, 9.17) is 11.6 Å². The van der Waals surface area contributed by atoms with E-state index >= 15 is 0 Å². The van der Waals surface area contributed by atoms with Crippen molar-refractivity contribution in [2.24, 2.45) is 0 Å². The van der Waals surface area contributed by atoms with E-state index in [1.165, 1.54) is 5.56 Å². The van der Waals surface area contributed by atoms with Crippen LogP contribution in [0, 0.1) is 0 Å². The molecule has 24 heavy (non-hydrogen) atoms. The number of carbonyl (C=O) groups is 1. The van der Waals surface area contributed by atoms with Crippen molar-refractivity contribution < 1.29 is 4.79 Å². The molecule has 2 heterocycles. The topological polar surface area (TPSA) is 45.2 Å². The molecule has 2 aromatic rings. The molecule has 6 heteroatoms. The maximum Gasteiger partial charge on any atom is 0.254 e. The number of nitrogens with one attached hydrogen (secondary N) is 1. The average molecular weight is 409 g/mol. The van der Waals surface area contributed by atoms with Crippen LogP contribution in [0.4, 0.5) is 0 Å². The maximum atomic E-state index is 12.4. The number of nitrogens with zero attached hydrogens (tertiary/aromatic N) is 2. The quantitative estimate of drug-likeness (QED) is 0.781. The van der Waals surface area contributed by atoms with E-state index in [2.05, 4.69) is 55.4 Å². The van der Waals surface area contributed by atoms with E-state index in [-0.39, 0.29) is 17.1 Å². The summed E-state index contributed by atoms with van der Waals surface area (Å²) in [6, 6.07) is 12.4. The Bertz CT molecular complexity index is 703. The minimum absolute atomic E-state index is 0.157. The summed E-state index contributed by atoms with van der Waals surface area (Å²) in [5.74, 6) is -0.157. The van der Waals surface area contributed by atoms with Gasteiger partial charge in [-0.2, -0.15) is 0 Å². The van der Waals surface area contributed by atoms with Gasteiger partial charge in [0.25, 0.3) is 5.91 Å². The van der Waals surface area contributed by atoms with Crippen molar-refractivity contribution in [2.45, 2.75) is 25.4 Å². The predicted octanol–water partition coefficient (Wildman–Crippen LogP) is 3.89. The molecule has 1 saturated heterocycles. The first kappa shape index (κ1) is 17.4. The zero-order valence-electron chi connectivity index (χ0n) is 13.2. The van der Waals surface area contributed by atoms with Crippen LogP contribution in [0.2, 0.25) is 5.15 Å². The second-order valence-electron chi connectivity index (χ2n) is 6.00. The van der Waals surface area contributed by atoms with Crippen molar-refractivity contribution in [2.75, 3.05) is 13.1 Å². The molecule has 1 aliphatic heterocycles. The van der Waals surface area contributed by atoms with Crippen LogP contribution < -0.4 is 5.32 Å². The van der Waals surface area contributed by atoms with E-state index in [0.29, 0.717) is 5.56 Å². The Hall–Kier alpha value is -1.43. The van der Waals surface area contributed by atoms with Crippen LogP contribution in [0.25, 0.3) is 0 Å². The minimum Gasteiger partial charge on any atom is -0.349 e. The number of carbonyl (C=O) groups excluding carboxylic acids is 1. The molecule has 0 spiro atoms. The van der Waals surface area contributed by atoms with Gasteiger partial charge < -0.3 is 5.32 Å². The first-order chi connectivity index (χ1) is 11.6. The normalized spacial score (nSPS) is 16.1. The van der Waals surface area contributed by atoms with Crippen molar-refractivity contribution in [3.63, 3.8) is 0 Å². The standard InChI is InChI=1S/C18H19BrClN3O/c19-14-10-16(17(20)21-11-14)18(24)22-15-6-8-23(9-7-15)12-13-4-2-1-3-5-13/h1-5,10-11,15H,6-9,12H2,(H,22,24). The summed E-state index contributed by atoms with van der Waals surface area (Å²) in [5.41, 5.74) is 1.74. The summed E-state index contributed by atoms with van der Waals surface area (Å²) in [6.07, 6.45) is 3.47. The molecule has 0 unspecified atom stereocenters. The number of aromatic nitrogens is 1. The third-order valence-electron chi connectivity index (χ3n) is 4.22. The predicted molar refractivity (Wildman–Crippen MR) is 99.2 cm³/mol. The molecule has 1 aromatic heterocycles. The molecule has 0 radical (unpaired) electrons. The summed E-state index contributed by atoms with van der Waals surface area (Å²) in [5, 5.41) is 3.31. The van der Waals surface area contributed by atoms with Gasteiger partial charge >= 0.3 is 0 Å². The highest BCUT2D eigenvalue weighted by Crippen LogP contribution is 2.19. The fraction of sp³-hybridized carbons (Fsp3) is 0.333. The number of piperidine rings is 1. The highest BCUT2D eigenvalue weighted by atomic mass is 79.9. The average Bonchev–Trinajstić information content (AvgIpc) is 2.59. The summed E-state index contributed by atoms with van der Waals surface area (Å²) in [7, 11) is 0. The van der Waals surface area contributed by atoms with E-state index < -0.39 is 0 Å². The van der Waals surface area contributed by atoms with E-state index in [9.17, 15) is 4.79 Å². The van der Waals surface area contributed by atoms with Gasteiger partial charge in [0, 0.05) is 36.3 Å². The lowest BCUT2D eigenvalue weighted by Crippen LogP contribution is -2.44. The van der Waals surface area contributed by atoms with Gasteiger partial charge in [0.2, 0.25) is 0 Å². The zero-order chi connectivity index (χ0) is 16.9. The van der Waals surface area contributed by atoms with Crippen LogP contribution in [0.1, 0.15) is 28.8 Å². The van der Waals surface area contributed by atoms with Crippen molar-refractivity contribution in [3.05, 3.63) is 63.3 Å². The fourth-order valence-corrected chi connectivity index (χ4v) is 3.44. The molecule has 0 aliphatic carbocycles. The van der Waals surface area contributed by atoms with E-state index in [1.807, 2.05) is 6.07 Å². The highest BCUT2D eigenvalue weighted by molar-refractivity contribution is 9.10. The van der Waals surface area contributed by atoms with Gasteiger partial charge in [-0.15, -0.1) is 0 Å². The third kappa shape index (κ3) is 4.56. The number of halogens is 2. The second-order valence-corrected chi connectivity index (χ2v) is 7.28. The van der Waals surface area contributed by atoms with Crippen molar-refractivity contribution in [3.8, 4) is 0 Å². The number of hydrogen-bond donors (Lipinski definition) is 1. The number of hydrogen-bond acceptors (Lipinski definition) is 3. The van der Waals surface area contributed by atoms with Crippen LogP contribution in [-0.4, -0.2) is 34.9 Å². The number of benzene rings is 1. The Morgan fingerprint density at radius 3 is 2.71 bits per heavy atom. The van der Waals surface area contributed by atoms with Crippen LogP contribution in [-0.2, 0) is 6.54 Å². The van der Waals surface area contributed by atoms with Gasteiger partial charge in [0.05, 0.1) is 5.56 Å². The molecule has 4 nitrogen and oxygen atoms in total. The lowest BCUT2D eigenvalue weighted by molar-refractivity contribution is 0.0908. The van der Waals surface area contributed by atoms with Gasteiger partial charge in [0.15, 0.2) is 0 Å². The van der Waals surface area contributed by atoms with Crippen LogP contribution >= 0.6 is 27.5 Å². The summed E-state index contributed by atoms with van der Waals surface area (Å²) < 4.78 is 0.745. The Morgan fingerprint density at radius 1 is 1.29 bits per heavy atom. The summed E-state index contributed by atoms with van der Waals surface area (Å²) >= 11 is 9.34. The molecular formula is C18H19BrClN3O. The van der Waals surface area contributed by atoms with Gasteiger partial charge in [-0.05, 0) is 40.4 Å². The number of pyridine rings is 1. The molecule has 1 N–H and O–H groups in total. The first-order valence-corrected chi connectivity index (χ1v) is 9.17. The lowest BCUT2D eigenvalue weighted by atomic mass is 10.0. The Labute approximate surface area is 155 Å². The molecule has 126 valence electrons. The maximum absolute atomic E-state index is 12.4. The third-order valence-corrected chi connectivity index (χ3v) is 4.96. The monoisotopic (exact) mass is 407 g/mol. The van der Waals surface area contributed by atoms with Crippen molar-refractivity contribution in [1.29, 1.82) is 0 Å². The number of amides is 1. The number of rotatable bonds is 4. The van der Waals surface area contributed by atoms with Gasteiger partial charge in [-0.1, -0.05) is 41.9 Å². The molecule has 0 bridgehead atoms. The molecule has 0 saturated carbocycles. The van der Waals surface area contributed by atoms with Gasteiger partial charge in [-0.25, -0.2) is 4.98 Å². The van der Waals surface area contributed by atoms with E-state index in [1.54, 1.807) is 12.3 Å². The lowest BCUT2D eigenvalue weighted by Gasteiger charge is -2.32. The molecular weight excluding hydrogens is 390 g/mol. The second kappa shape index (κ2) is 8.10. The smallest absolute Gasteiger partial charge is 0.254 e. The van der Waals surface area contributed by atoms with Gasteiger partial charge in [-0.3, -0.25) is 9.69 Å². The summed E-state index contributed by atoms with van der Waals surface area (Å²) in [4.78, 5) is 18.8. The Balaban J connectivity index is 1.52. The minimum atomic E-state index is -0.157. The first-order valence-electron chi connectivity index (χ1n) is 8.00. The Kier molecular flexibility index (Phi) is 5.87. The zero-order valence-corrected chi connectivity index (χ0v) is 15.6.